The number of ether oxygens (including phenoxy) is 1. The van der Waals surface area contributed by atoms with E-state index in [4.69, 9.17) is 4.74 Å². The lowest BCUT2D eigenvalue weighted by Gasteiger charge is -2.34. The highest BCUT2D eigenvalue weighted by Crippen LogP contribution is 2.27. The van der Waals surface area contributed by atoms with E-state index in [0.29, 0.717) is 6.04 Å². The average Bonchev–Trinajstić information content (AvgIpc) is 2.56. The van der Waals surface area contributed by atoms with Crippen LogP contribution in [0.15, 0.2) is 18.2 Å². The van der Waals surface area contributed by atoms with Crippen LogP contribution in [0.2, 0.25) is 0 Å². The van der Waals surface area contributed by atoms with Crippen molar-refractivity contribution in [1.82, 2.24) is 4.90 Å². The van der Waals surface area contributed by atoms with Crippen LogP contribution in [0, 0.1) is 0 Å². The third kappa shape index (κ3) is 3.73. The number of aryl methyl sites for hydroxylation is 1. The van der Waals surface area contributed by atoms with Crippen molar-refractivity contribution in [3.05, 3.63) is 23.8 Å². The summed E-state index contributed by atoms with van der Waals surface area (Å²) in [6.07, 6.45) is 3.30. The Morgan fingerprint density at radius 1 is 1.14 bits per heavy atom. The summed E-state index contributed by atoms with van der Waals surface area (Å²) in [6, 6.07) is 7.51. The van der Waals surface area contributed by atoms with E-state index in [9.17, 15) is 0 Å². The lowest BCUT2D eigenvalue weighted by Crippen LogP contribution is -2.44. The SMILES string of the molecule is CCc1ccc(N2CCN(C)CC2)cc1NC1CCOCC1. The van der Waals surface area contributed by atoms with E-state index >= 15 is 0 Å². The third-order valence-corrected chi connectivity index (χ3v) is 4.92. The van der Waals surface area contributed by atoms with Crippen molar-refractivity contribution in [2.45, 2.75) is 32.2 Å². The zero-order chi connectivity index (χ0) is 15.4. The van der Waals surface area contributed by atoms with Crippen LogP contribution in [0.3, 0.4) is 0 Å². The summed E-state index contributed by atoms with van der Waals surface area (Å²) in [7, 11) is 2.20. The molecule has 0 bridgehead atoms. The first-order valence-electron chi connectivity index (χ1n) is 8.67. The van der Waals surface area contributed by atoms with Crippen LogP contribution in [-0.2, 0) is 11.2 Å². The van der Waals surface area contributed by atoms with Crippen LogP contribution in [0.5, 0.6) is 0 Å². The fourth-order valence-electron chi connectivity index (χ4n) is 3.33. The molecule has 0 saturated carbocycles. The fourth-order valence-corrected chi connectivity index (χ4v) is 3.33. The number of benzene rings is 1. The van der Waals surface area contributed by atoms with Gasteiger partial charge in [-0.2, -0.15) is 0 Å². The smallest absolute Gasteiger partial charge is 0.0485 e. The van der Waals surface area contributed by atoms with E-state index in [1.165, 1.54) is 16.9 Å². The first-order valence-corrected chi connectivity index (χ1v) is 8.67. The summed E-state index contributed by atoms with van der Waals surface area (Å²) in [4.78, 5) is 4.91. The van der Waals surface area contributed by atoms with Gasteiger partial charge in [0.2, 0.25) is 0 Å². The van der Waals surface area contributed by atoms with E-state index in [0.717, 1.165) is 58.7 Å². The first-order chi connectivity index (χ1) is 10.8. The number of nitrogens with zero attached hydrogens (tertiary/aromatic N) is 2. The van der Waals surface area contributed by atoms with Crippen molar-refractivity contribution in [3.8, 4) is 0 Å². The Labute approximate surface area is 134 Å². The summed E-state index contributed by atoms with van der Waals surface area (Å²) >= 11 is 0. The molecule has 2 aliphatic heterocycles. The number of likely N-dealkylation sites (N-methyl/N-ethyl adjacent to an activating group) is 1. The molecule has 1 aromatic rings. The molecule has 0 unspecified atom stereocenters. The number of hydrogen-bond donors (Lipinski definition) is 1. The topological polar surface area (TPSA) is 27.7 Å². The van der Waals surface area contributed by atoms with Crippen LogP contribution in [-0.4, -0.2) is 57.4 Å². The van der Waals surface area contributed by atoms with Gasteiger partial charge < -0.3 is 19.9 Å². The minimum absolute atomic E-state index is 0.557. The molecule has 4 nitrogen and oxygen atoms in total. The second kappa shape index (κ2) is 7.34. The Hall–Kier alpha value is -1.26. The number of piperazine rings is 1. The Kier molecular flexibility index (Phi) is 5.21. The Balaban J connectivity index is 1.73. The van der Waals surface area contributed by atoms with Crippen LogP contribution in [0.25, 0.3) is 0 Å². The molecule has 0 amide bonds. The molecule has 2 saturated heterocycles. The van der Waals surface area contributed by atoms with E-state index in [2.05, 4.69) is 47.3 Å². The number of anilines is 2. The number of hydrogen-bond acceptors (Lipinski definition) is 4. The molecule has 1 N–H and O–H groups in total. The largest absolute Gasteiger partial charge is 0.382 e. The highest BCUT2D eigenvalue weighted by atomic mass is 16.5. The standard InChI is InChI=1S/C18H29N3O/c1-3-15-4-5-17(21-10-8-20(2)9-11-21)14-18(15)19-16-6-12-22-13-7-16/h4-5,14,16,19H,3,6-13H2,1-2H3. The zero-order valence-corrected chi connectivity index (χ0v) is 14.0. The van der Waals surface area contributed by atoms with Crippen molar-refractivity contribution in [2.24, 2.45) is 0 Å². The highest BCUT2D eigenvalue weighted by Gasteiger charge is 2.18. The van der Waals surface area contributed by atoms with Crippen molar-refractivity contribution < 1.29 is 4.74 Å². The van der Waals surface area contributed by atoms with Gasteiger partial charge >= 0.3 is 0 Å². The molecule has 0 spiro atoms. The molecule has 0 atom stereocenters. The van der Waals surface area contributed by atoms with Crippen LogP contribution < -0.4 is 10.2 Å². The maximum Gasteiger partial charge on any atom is 0.0485 e. The van der Waals surface area contributed by atoms with Crippen molar-refractivity contribution in [1.29, 1.82) is 0 Å². The summed E-state index contributed by atoms with van der Waals surface area (Å²) in [5.74, 6) is 0. The number of nitrogens with one attached hydrogen (secondary N) is 1. The van der Waals surface area contributed by atoms with Gasteiger partial charge in [0.05, 0.1) is 0 Å². The monoisotopic (exact) mass is 303 g/mol. The molecular formula is C18H29N3O. The second-order valence-corrected chi connectivity index (χ2v) is 6.52. The van der Waals surface area contributed by atoms with Crippen LogP contribution in [0.1, 0.15) is 25.3 Å². The van der Waals surface area contributed by atoms with Gasteiger partial charge in [0.1, 0.15) is 0 Å². The predicted octanol–water partition coefficient (Wildman–Crippen LogP) is 2.59. The average molecular weight is 303 g/mol. The maximum atomic E-state index is 5.47. The van der Waals surface area contributed by atoms with Crippen molar-refractivity contribution >= 4 is 11.4 Å². The minimum Gasteiger partial charge on any atom is -0.382 e. The molecule has 22 heavy (non-hydrogen) atoms. The van der Waals surface area contributed by atoms with Gasteiger partial charge in [-0.1, -0.05) is 13.0 Å². The molecule has 0 aromatic heterocycles. The quantitative estimate of drug-likeness (QED) is 0.925. The maximum absolute atomic E-state index is 5.47. The molecule has 2 heterocycles. The lowest BCUT2D eigenvalue weighted by atomic mass is 10.0. The molecule has 4 heteroatoms. The molecular weight excluding hydrogens is 274 g/mol. The molecule has 0 radical (unpaired) electrons. The van der Waals surface area contributed by atoms with Gasteiger partial charge in [-0.25, -0.2) is 0 Å². The van der Waals surface area contributed by atoms with Gasteiger partial charge in [-0.3, -0.25) is 0 Å². The summed E-state index contributed by atoms with van der Waals surface area (Å²) < 4.78 is 5.47. The molecule has 122 valence electrons. The van der Waals surface area contributed by atoms with Crippen LogP contribution in [0.4, 0.5) is 11.4 Å². The fraction of sp³-hybridized carbons (Fsp3) is 0.667. The summed E-state index contributed by atoms with van der Waals surface area (Å²) in [6.45, 7) is 8.56. The van der Waals surface area contributed by atoms with Gasteiger partial charge in [-0.15, -0.1) is 0 Å². The van der Waals surface area contributed by atoms with Gasteiger partial charge in [0.25, 0.3) is 0 Å². The molecule has 2 aliphatic rings. The van der Waals surface area contributed by atoms with Crippen molar-refractivity contribution in [2.75, 3.05) is 56.7 Å². The van der Waals surface area contributed by atoms with Gasteiger partial charge in [-0.05, 0) is 44.0 Å². The van der Waals surface area contributed by atoms with E-state index in [1.807, 2.05) is 0 Å². The van der Waals surface area contributed by atoms with E-state index < -0.39 is 0 Å². The Morgan fingerprint density at radius 3 is 2.55 bits per heavy atom. The normalized spacial score (nSPS) is 21.1. The number of rotatable bonds is 4. The van der Waals surface area contributed by atoms with Gasteiger partial charge in [0.15, 0.2) is 0 Å². The van der Waals surface area contributed by atoms with Gasteiger partial charge in [0, 0.05) is 56.8 Å². The van der Waals surface area contributed by atoms with Crippen LogP contribution >= 0.6 is 0 Å². The predicted molar refractivity (Wildman–Crippen MR) is 93.0 cm³/mol. The minimum atomic E-state index is 0.557. The first kappa shape index (κ1) is 15.6. The molecule has 1 aromatic carbocycles. The molecule has 2 fully saturated rings. The molecule has 0 aliphatic carbocycles. The lowest BCUT2D eigenvalue weighted by molar-refractivity contribution is 0.0904. The zero-order valence-electron chi connectivity index (χ0n) is 14.0. The molecule has 3 rings (SSSR count). The van der Waals surface area contributed by atoms with Crippen molar-refractivity contribution in [3.63, 3.8) is 0 Å². The van der Waals surface area contributed by atoms with E-state index in [-0.39, 0.29) is 0 Å². The highest BCUT2D eigenvalue weighted by molar-refractivity contribution is 5.63. The second-order valence-electron chi connectivity index (χ2n) is 6.52. The Bertz CT molecular complexity index is 477. The third-order valence-electron chi connectivity index (χ3n) is 4.92. The summed E-state index contributed by atoms with van der Waals surface area (Å²) in [5, 5.41) is 3.77. The van der Waals surface area contributed by atoms with E-state index in [1.54, 1.807) is 0 Å². The Morgan fingerprint density at radius 2 is 1.86 bits per heavy atom. The summed E-state index contributed by atoms with van der Waals surface area (Å²) in [5.41, 5.74) is 4.11.